The number of nitrogens with two attached hydrogens (primary N) is 1. The Hall–Kier alpha value is -1.71. The Morgan fingerprint density at radius 1 is 1.04 bits per heavy atom. The van der Waals surface area contributed by atoms with Gasteiger partial charge < -0.3 is 27.2 Å². The Labute approximate surface area is 169 Å². The first kappa shape index (κ1) is 21.6. The average Bonchev–Trinajstić information content (AvgIpc) is 2.71. The molecule has 3 nitrogen and oxygen atoms in total. The molecule has 0 amide bonds. The van der Waals surface area contributed by atoms with Crippen molar-refractivity contribution in [2.24, 2.45) is 5.92 Å². The van der Waals surface area contributed by atoms with Crippen molar-refractivity contribution < 1.29 is 27.2 Å². The first-order chi connectivity index (χ1) is 12.8. The van der Waals surface area contributed by atoms with E-state index in [9.17, 15) is 0 Å². The minimum Gasteiger partial charge on any atom is -1.00 e. The molecule has 1 fully saturated rings. The number of hydrogen-bond donors (Lipinski definition) is 1. The smallest absolute Gasteiger partial charge is 0.122 e. The summed E-state index contributed by atoms with van der Waals surface area (Å²) in [5.74, 6) is 2.73. The van der Waals surface area contributed by atoms with Crippen molar-refractivity contribution in [1.29, 1.82) is 0 Å². The normalized spacial score (nSPS) is 16.4. The lowest BCUT2D eigenvalue weighted by Gasteiger charge is -2.21. The summed E-state index contributed by atoms with van der Waals surface area (Å²) < 4.78 is 11.5. The molecule has 0 spiro atoms. The minimum absolute atomic E-state index is 0. The van der Waals surface area contributed by atoms with Gasteiger partial charge in [0.1, 0.15) is 11.5 Å². The third-order valence-electron chi connectivity index (χ3n) is 5.26. The molecule has 148 valence electrons. The number of halogens is 1. The zero-order valence-corrected chi connectivity index (χ0v) is 17.1. The summed E-state index contributed by atoms with van der Waals surface area (Å²) in [6.07, 6.45) is 7.15. The van der Waals surface area contributed by atoms with Gasteiger partial charge in [-0.1, -0.05) is 30.3 Å². The number of methoxy groups -OCH3 is 1. The third-order valence-corrected chi connectivity index (χ3v) is 5.26. The fraction of sp³-hybridized carbons (Fsp3) is 0.478. The molecular formula is C23H32ClNO2. The van der Waals surface area contributed by atoms with Crippen molar-refractivity contribution in [2.45, 2.75) is 38.5 Å². The first-order valence-corrected chi connectivity index (χ1v) is 10.0. The van der Waals surface area contributed by atoms with Crippen LogP contribution in [0.5, 0.6) is 11.5 Å². The molecule has 2 aromatic carbocycles. The van der Waals surface area contributed by atoms with Gasteiger partial charge in [0.2, 0.25) is 0 Å². The van der Waals surface area contributed by atoms with Crippen molar-refractivity contribution in [3.63, 3.8) is 0 Å². The number of aryl methyl sites for hydroxylation is 2. The second-order valence-corrected chi connectivity index (χ2v) is 7.30. The molecule has 1 heterocycles. The molecule has 0 aliphatic carbocycles. The van der Waals surface area contributed by atoms with E-state index < -0.39 is 0 Å². The number of piperidine rings is 1. The SMILES string of the molecule is COc1cccc(CCCCc2ccccc2OCC2CCC[NH2+]C2)c1.[Cl-]. The molecule has 1 unspecified atom stereocenters. The summed E-state index contributed by atoms with van der Waals surface area (Å²) in [5.41, 5.74) is 2.69. The monoisotopic (exact) mass is 389 g/mol. The largest absolute Gasteiger partial charge is 1.00 e. The number of unbranched alkanes of at least 4 members (excludes halogenated alkanes) is 1. The topological polar surface area (TPSA) is 35.1 Å². The molecule has 3 rings (SSSR count). The Bertz CT molecular complexity index is 671. The fourth-order valence-electron chi connectivity index (χ4n) is 3.70. The molecule has 2 aromatic rings. The summed E-state index contributed by atoms with van der Waals surface area (Å²) >= 11 is 0. The van der Waals surface area contributed by atoms with Gasteiger partial charge in [0.25, 0.3) is 0 Å². The van der Waals surface area contributed by atoms with Gasteiger partial charge in [-0.15, -0.1) is 0 Å². The Balaban J connectivity index is 0.00000261. The molecule has 1 aliphatic rings. The zero-order chi connectivity index (χ0) is 18.0. The van der Waals surface area contributed by atoms with E-state index in [1.165, 1.54) is 49.9 Å². The molecular weight excluding hydrogens is 358 g/mol. The summed E-state index contributed by atoms with van der Waals surface area (Å²) in [7, 11) is 1.72. The van der Waals surface area contributed by atoms with E-state index in [1.54, 1.807) is 7.11 Å². The van der Waals surface area contributed by atoms with Gasteiger partial charge in [-0.25, -0.2) is 0 Å². The number of para-hydroxylation sites is 1. The maximum atomic E-state index is 6.19. The predicted octanol–water partition coefficient (Wildman–Crippen LogP) is 0.617. The molecule has 1 saturated heterocycles. The molecule has 0 saturated carbocycles. The van der Waals surface area contributed by atoms with Crippen LogP contribution in [-0.2, 0) is 12.8 Å². The van der Waals surface area contributed by atoms with E-state index >= 15 is 0 Å². The van der Waals surface area contributed by atoms with Gasteiger partial charge in [-0.3, -0.25) is 0 Å². The van der Waals surface area contributed by atoms with E-state index in [-0.39, 0.29) is 12.4 Å². The van der Waals surface area contributed by atoms with Crippen LogP contribution >= 0.6 is 0 Å². The van der Waals surface area contributed by atoms with E-state index in [2.05, 4.69) is 47.8 Å². The highest BCUT2D eigenvalue weighted by Crippen LogP contribution is 2.22. The molecule has 0 bridgehead atoms. The maximum Gasteiger partial charge on any atom is 0.122 e. The highest BCUT2D eigenvalue weighted by Gasteiger charge is 2.17. The third kappa shape index (κ3) is 7.08. The van der Waals surface area contributed by atoms with Crippen molar-refractivity contribution in [3.8, 4) is 11.5 Å². The van der Waals surface area contributed by atoms with Crippen LogP contribution in [0.1, 0.15) is 36.8 Å². The summed E-state index contributed by atoms with van der Waals surface area (Å²) in [5, 5.41) is 2.42. The van der Waals surface area contributed by atoms with Crippen LogP contribution in [0.25, 0.3) is 0 Å². The van der Waals surface area contributed by atoms with Crippen molar-refractivity contribution in [3.05, 3.63) is 59.7 Å². The maximum absolute atomic E-state index is 6.19. The number of hydrogen-bond acceptors (Lipinski definition) is 2. The summed E-state index contributed by atoms with van der Waals surface area (Å²) in [6.45, 7) is 3.35. The highest BCUT2D eigenvalue weighted by molar-refractivity contribution is 5.33. The second-order valence-electron chi connectivity index (χ2n) is 7.30. The van der Waals surface area contributed by atoms with E-state index in [4.69, 9.17) is 9.47 Å². The lowest BCUT2D eigenvalue weighted by atomic mass is 10.0. The van der Waals surface area contributed by atoms with Gasteiger partial charge in [0.05, 0.1) is 26.8 Å². The second kappa shape index (κ2) is 11.9. The molecule has 0 radical (unpaired) electrons. The van der Waals surface area contributed by atoms with Crippen LogP contribution in [0.3, 0.4) is 0 Å². The number of benzene rings is 2. The number of rotatable bonds is 9. The van der Waals surface area contributed by atoms with Crippen LogP contribution in [-0.4, -0.2) is 26.8 Å². The molecule has 4 heteroatoms. The standard InChI is InChI=1S/C23H31NO2.ClH/c1-25-22-13-6-9-19(16-22)8-2-3-11-21-12-4-5-14-23(21)26-18-20-10-7-15-24-17-20;/h4-6,9,12-14,16,20,24H,2-3,7-8,10-11,15,17-18H2,1H3;1H. The van der Waals surface area contributed by atoms with E-state index in [0.717, 1.165) is 30.9 Å². The highest BCUT2D eigenvalue weighted by atomic mass is 35.5. The molecule has 0 aromatic heterocycles. The Morgan fingerprint density at radius 3 is 2.70 bits per heavy atom. The van der Waals surface area contributed by atoms with Gasteiger partial charge in [-0.05, 0) is 67.9 Å². The number of ether oxygens (including phenoxy) is 2. The van der Waals surface area contributed by atoms with Crippen LogP contribution in [0.4, 0.5) is 0 Å². The molecule has 1 aliphatic heterocycles. The van der Waals surface area contributed by atoms with Crippen LogP contribution in [0.15, 0.2) is 48.5 Å². The Kier molecular flexibility index (Phi) is 9.51. The molecule has 2 N–H and O–H groups in total. The van der Waals surface area contributed by atoms with Gasteiger partial charge >= 0.3 is 0 Å². The van der Waals surface area contributed by atoms with Crippen LogP contribution < -0.4 is 27.2 Å². The van der Waals surface area contributed by atoms with Crippen molar-refractivity contribution in [2.75, 3.05) is 26.8 Å². The van der Waals surface area contributed by atoms with Gasteiger partial charge in [0.15, 0.2) is 0 Å². The first-order valence-electron chi connectivity index (χ1n) is 10.0. The lowest BCUT2D eigenvalue weighted by Crippen LogP contribution is -3.00. The van der Waals surface area contributed by atoms with Gasteiger partial charge in [0, 0.05) is 5.92 Å². The van der Waals surface area contributed by atoms with Crippen LogP contribution in [0, 0.1) is 5.92 Å². The average molecular weight is 390 g/mol. The fourth-order valence-corrected chi connectivity index (χ4v) is 3.70. The predicted molar refractivity (Wildman–Crippen MR) is 106 cm³/mol. The van der Waals surface area contributed by atoms with E-state index in [0.29, 0.717) is 5.92 Å². The molecule has 27 heavy (non-hydrogen) atoms. The van der Waals surface area contributed by atoms with Crippen LogP contribution in [0.2, 0.25) is 0 Å². The Morgan fingerprint density at radius 2 is 1.89 bits per heavy atom. The number of quaternary nitrogens is 1. The summed E-state index contributed by atoms with van der Waals surface area (Å²) in [6, 6.07) is 16.9. The van der Waals surface area contributed by atoms with Crippen molar-refractivity contribution in [1.82, 2.24) is 0 Å². The quantitative estimate of drug-likeness (QED) is 0.638. The summed E-state index contributed by atoms with van der Waals surface area (Å²) in [4.78, 5) is 0. The van der Waals surface area contributed by atoms with Crippen molar-refractivity contribution >= 4 is 0 Å². The minimum atomic E-state index is 0. The van der Waals surface area contributed by atoms with Gasteiger partial charge in [-0.2, -0.15) is 0 Å². The zero-order valence-electron chi connectivity index (χ0n) is 16.3. The molecule has 1 atom stereocenters. The van der Waals surface area contributed by atoms with E-state index in [1.807, 2.05) is 6.07 Å². The lowest BCUT2D eigenvalue weighted by molar-refractivity contribution is -0.669.